The van der Waals surface area contributed by atoms with Crippen LogP contribution in [0.3, 0.4) is 0 Å². The molecule has 0 aliphatic rings. The van der Waals surface area contributed by atoms with E-state index in [0.717, 1.165) is 47.8 Å². The normalized spacial score (nSPS) is 11.1. The van der Waals surface area contributed by atoms with Crippen molar-refractivity contribution < 1.29 is 0 Å². The highest BCUT2D eigenvalue weighted by molar-refractivity contribution is 7.16. The summed E-state index contributed by atoms with van der Waals surface area (Å²) in [4.78, 5) is 17.2. The molecule has 0 saturated heterocycles. The van der Waals surface area contributed by atoms with Crippen LogP contribution in [0.25, 0.3) is 10.2 Å². The number of aryl methyl sites for hydroxylation is 1. The van der Waals surface area contributed by atoms with Crippen molar-refractivity contribution in [3.05, 3.63) is 33.9 Å². The van der Waals surface area contributed by atoms with Gasteiger partial charge in [0.1, 0.15) is 16.5 Å². The smallest absolute Gasteiger partial charge is 0.141 e. The Bertz CT molecular complexity index is 706. The largest absolute Gasteiger partial charge is 0.356 e. The van der Waals surface area contributed by atoms with Gasteiger partial charge in [-0.3, -0.25) is 0 Å². The molecule has 0 atom stereocenters. The summed E-state index contributed by atoms with van der Waals surface area (Å²) in [5, 5.41) is 6.47. The molecular weight excluding hydrogens is 300 g/mol. The van der Waals surface area contributed by atoms with Crippen LogP contribution in [0.2, 0.25) is 0 Å². The van der Waals surface area contributed by atoms with Crippen molar-refractivity contribution in [1.29, 1.82) is 0 Å². The number of hydrogen-bond acceptors (Lipinski definition) is 6. The molecule has 0 radical (unpaired) electrons. The fourth-order valence-corrected chi connectivity index (χ4v) is 3.69. The van der Waals surface area contributed by atoms with E-state index in [9.17, 15) is 0 Å². The monoisotopic (exact) mass is 318 g/mol. The van der Waals surface area contributed by atoms with Gasteiger partial charge in [0.05, 0.1) is 10.4 Å². The number of fused-ring (bicyclic) bond motifs is 1. The molecule has 0 aliphatic heterocycles. The lowest BCUT2D eigenvalue weighted by atomic mass is 10.3. The SMILES string of the molecule is CCc1nc(N(CC)CCc2nccs2)c2ccsc2n1. The van der Waals surface area contributed by atoms with E-state index < -0.39 is 0 Å². The van der Waals surface area contributed by atoms with Crippen LogP contribution in [0.15, 0.2) is 23.0 Å². The van der Waals surface area contributed by atoms with Crippen LogP contribution in [0, 0.1) is 0 Å². The van der Waals surface area contributed by atoms with Crippen molar-refractivity contribution >= 4 is 38.7 Å². The third-order valence-electron chi connectivity index (χ3n) is 3.43. The Hall–Kier alpha value is -1.53. The van der Waals surface area contributed by atoms with Gasteiger partial charge in [-0.15, -0.1) is 22.7 Å². The number of thiazole rings is 1. The maximum atomic E-state index is 4.77. The van der Waals surface area contributed by atoms with E-state index in [0.29, 0.717) is 0 Å². The summed E-state index contributed by atoms with van der Waals surface area (Å²) in [6.07, 6.45) is 3.70. The first-order valence-corrected chi connectivity index (χ1v) is 8.95. The summed E-state index contributed by atoms with van der Waals surface area (Å²) >= 11 is 3.40. The molecule has 0 aliphatic carbocycles. The summed E-state index contributed by atoms with van der Waals surface area (Å²) in [6.45, 7) is 6.16. The predicted octanol–water partition coefficient (Wildman–Crippen LogP) is 3.78. The first-order chi connectivity index (χ1) is 10.3. The lowest BCUT2D eigenvalue weighted by Crippen LogP contribution is -2.27. The number of hydrogen-bond donors (Lipinski definition) is 0. The van der Waals surface area contributed by atoms with Gasteiger partial charge < -0.3 is 4.90 Å². The van der Waals surface area contributed by atoms with Gasteiger partial charge in [-0.2, -0.15) is 0 Å². The van der Waals surface area contributed by atoms with Gasteiger partial charge in [0, 0.05) is 37.5 Å². The van der Waals surface area contributed by atoms with E-state index in [1.54, 1.807) is 22.7 Å². The van der Waals surface area contributed by atoms with Crippen LogP contribution in [0.1, 0.15) is 24.7 Å². The summed E-state index contributed by atoms with van der Waals surface area (Å²) in [6, 6.07) is 2.13. The molecule has 3 aromatic heterocycles. The zero-order valence-electron chi connectivity index (χ0n) is 12.2. The Morgan fingerprint density at radius 1 is 1.14 bits per heavy atom. The molecule has 0 fully saturated rings. The molecule has 4 nitrogen and oxygen atoms in total. The molecule has 0 bridgehead atoms. The molecule has 0 amide bonds. The Morgan fingerprint density at radius 2 is 2.05 bits per heavy atom. The van der Waals surface area contributed by atoms with Crippen molar-refractivity contribution in [3.8, 4) is 0 Å². The van der Waals surface area contributed by atoms with E-state index in [1.165, 1.54) is 5.01 Å². The average Bonchev–Trinajstić information content (AvgIpc) is 3.18. The van der Waals surface area contributed by atoms with Crippen LogP contribution in [-0.4, -0.2) is 28.0 Å². The second-order valence-corrected chi connectivity index (χ2v) is 6.59. The minimum absolute atomic E-state index is 0.866. The highest BCUT2D eigenvalue weighted by atomic mass is 32.1. The average molecular weight is 318 g/mol. The van der Waals surface area contributed by atoms with Gasteiger partial charge in [-0.05, 0) is 18.4 Å². The first kappa shape index (κ1) is 14.4. The van der Waals surface area contributed by atoms with E-state index in [2.05, 4.69) is 40.2 Å². The van der Waals surface area contributed by atoms with Crippen molar-refractivity contribution in [2.45, 2.75) is 26.7 Å². The third kappa shape index (κ3) is 3.06. The van der Waals surface area contributed by atoms with Gasteiger partial charge in [-0.25, -0.2) is 15.0 Å². The van der Waals surface area contributed by atoms with E-state index >= 15 is 0 Å². The number of aromatic nitrogens is 3. The van der Waals surface area contributed by atoms with Gasteiger partial charge in [0.15, 0.2) is 0 Å². The lowest BCUT2D eigenvalue weighted by molar-refractivity contribution is 0.786. The second-order valence-electron chi connectivity index (χ2n) is 4.71. The first-order valence-electron chi connectivity index (χ1n) is 7.19. The van der Waals surface area contributed by atoms with Crippen LogP contribution in [0.5, 0.6) is 0 Å². The van der Waals surface area contributed by atoms with Crippen molar-refractivity contribution in [1.82, 2.24) is 15.0 Å². The molecule has 6 heteroatoms. The standard InChI is InChI=1S/C15H18N4S2/c1-3-12-17-14(11-6-9-21-15(11)18-12)19(4-2)8-5-13-16-7-10-20-13/h6-7,9-10H,3-5,8H2,1-2H3. The van der Waals surface area contributed by atoms with Gasteiger partial charge >= 0.3 is 0 Å². The van der Waals surface area contributed by atoms with Gasteiger partial charge in [0.2, 0.25) is 0 Å². The lowest BCUT2D eigenvalue weighted by Gasteiger charge is -2.22. The minimum Gasteiger partial charge on any atom is -0.356 e. The number of thiophene rings is 1. The predicted molar refractivity (Wildman–Crippen MR) is 90.5 cm³/mol. The molecule has 0 spiro atoms. The van der Waals surface area contributed by atoms with Crippen molar-refractivity contribution in [3.63, 3.8) is 0 Å². The molecule has 0 saturated carbocycles. The van der Waals surface area contributed by atoms with Crippen LogP contribution in [0.4, 0.5) is 5.82 Å². The zero-order valence-corrected chi connectivity index (χ0v) is 13.9. The number of nitrogens with zero attached hydrogens (tertiary/aromatic N) is 4. The number of likely N-dealkylation sites (N-methyl/N-ethyl adjacent to an activating group) is 1. The molecule has 0 N–H and O–H groups in total. The maximum Gasteiger partial charge on any atom is 0.141 e. The quantitative estimate of drug-likeness (QED) is 0.693. The molecule has 3 heterocycles. The fourth-order valence-electron chi connectivity index (χ4n) is 2.30. The molecule has 21 heavy (non-hydrogen) atoms. The Labute approximate surface area is 132 Å². The topological polar surface area (TPSA) is 41.9 Å². The van der Waals surface area contributed by atoms with Crippen LogP contribution in [-0.2, 0) is 12.8 Å². The highest BCUT2D eigenvalue weighted by Crippen LogP contribution is 2.28. The van der Waals surface area contributed by atoms with E-state index in [1.807, 2.05) is 11.6 Å². The maximum absolute atomic E-state index is 4.77. The third-order valence-corrected chi connectivity index (χ3v) is 5.07. The summed E-state index contributed by atoms with van der Waals surface area (Å²) in [7, 11) is 0. The minimum atomic E-state index is 0.866. The Balaban J connectivity index is 1.90. The molecule has 3 aromatic rings. The molecule has 110 valence electrons. The summed E-state index contributed by atoms with van der Waals surface area (Å²) in [5.74, 6) is 1.99. The molecule has 0 aromatic carbocycles. The second kappa shape index (κ2) is 6.49. The Morgan fingerprint density at radius 3 is 2.76 bits per heavy atom. The van der Waals surface area contributed by atoms with Crippen LogP contribution < -0.4 is 4.90 Å². The van der Waals surface area contributed by atoms with E-state index in [-0.39, 0.29) is 0 Å². The van der Waals surface area contributed by atoms with Crippen molar-refractivity contribution in [2.75, 3.05) is 18.0 Å². The number of rotatable bonds is 6. The van der Waals surface area contributed by atoms with Gasteiger partial charge in [-0.1, -0.05) is 6.92 Å². The molecular formula is C15H18N4S2. The molecule has 0 unspecified atom stereocenters. The van der Waals surface area contributed by atoms with Crippen LogP contribution >= 0.6 is 22.7 Å². The summed E-state index contributed by atoms with van der Waals surface area (Å²) < 4.78 is 0. The van der Waals surface area contributed by atoms with Crippen molar-refractivity contribution in [2.24, 2.45) is 0 Å². The summed E-state index contributed by atoms with van der Waals surface area (Å²) in [5.41, 5.74) is 0. The Kier molecular flexibility index (Phi) is 4.45. The van der Waals surface area contributed by atoms with Gasteiger partial charge in [0.25, 0.3) is 0 Å². The number of anilines is 1. The fraction of sp³-hybridized carbons (Fsp3) is 0.400. The zero-order chi connectivity index (χ0) is 14.7. The highest BCUT2D eigenvalue weighted by Gasteiger charge is 2.14. The molecule has 3 rings (SSSR count). The van der Waals surface area contributed by atoms with E-state index in [4.69, 9.17) is 4.98 Å².